The lowest BCUT2D eigenvalue weighted by Crippen LogP contribution is -2.22. The van der Waals surface area contributed by atoms with Crippen molar-refractivity contribution in [2.45, 2.75) is 51.1 Å². The first-order valence-corrected chi connectivity index (χ1v) is 12.9. The van der Waals surface area contributed by atoms with Crippen molar-refractivity contribution in [1.29, 1.82) is 0 Å². The third kappa shape index (κ3) is 5.77. The van der Waals surface area contributed by atoms with Crippen LogP contribution in [0.2, 0.25) is 0 Å². The molecule has 2 aliphatic carbocycles. The van der Waals surface area contributed by atoms with E-state index in [0.717, 1.165) is 40.5 Å². The molecule has 1 aromatic carbocycles. The monoisotopic (exact) mass is 503 g/mol. The van der Waals surface area contributed by atoms with Gasteiger partial charge in [-0.2, -0.15) is 5.10 Å². The molecule has 3 N–H and O–H groups in total. The molecule has 3 heterocycles. The van der Waals surface area contributed by atoms with E-state index in [1.807, 2.05) is 25.1 Å². The number of H-pyrrole nitrogens is 1. The molecule has 0 unspecified atom stereocenters. The lowest BCUT2D eigenvalue weighted by atomic mass is 10.1. The molecular formula is C26H29N7O2S. The minimum atomic E-state index is -0.245. The van der Waals surface area contributed by atoms with Crippen LogP contribution in [0, 0.1) is 6.92 Å². The molecule has 0 atom stereocenters. The lowest BCUT2D eigenvalue weighted by Gasteiger charge is -2.12. The van der Waals surface area contributed by atoms with Gasteiger partial charge in [0, 0.05) is 29.6 Å². The Labute approximate surface area is 213 Å². The van der Waals surface area contributed by atoms with Crippen molar-refractivity contribution < 1.29 is 9.59 Å². The molecule has 36 heavy (non-hydrogen) atoms. The maximum absolute atomic E-state index is 12.7. The predicted molar refractivity (Wildman–Crippen MR) is 142 cm³/mol. The molecule has 1 amide bonds. The number of nitrogens with one attached hydrogen (secondary N) is 3. The molecule has 0 aliphatic heterocycles. The summed E-state index contributed by atoms with van der Waals surface area (Å²) in [7, 11) is 2.27. The molecule has 0 radical (unpaired) electrons. The molecule has 10 heteroatoms. The number of carbonyl (C=O) groups excluding carboxylic acids is 2. The molecule has 3 aromatic heterocycles. The Morgan fingerprint density at radius 2 is 1.94 bits per heavy atom. The number of hydrogen-bond acceptors (Lipinski definition) is 8. The molecule has 0 spiro atoms. The number of anilines is 3. The van der Waals surface area contributed by atoms with Crippen LogP contribution >= 0.6 is 11.3 Å². The fourth-order valence-corrected chi connectivity index (χ4v) is 4.74. The van der Waals surface area contributed by atoms with Gasteiger partial charge >= 0.3 is 0 Å². The molecule has 0 bridgehead atoms. The normalized spacial score (nSPS) is 14.9. The van der Waals surface area contributed by atoms with Crippen LogP contribution in [0.4, 0.5) is 16.6 Å². The summed E-state index contributed by atoms with van der Waals surface area (Å²) < 4.78 is 0. The topological polar surface area (TPSA) is 116 Å². The average molecular weight is 504 g/mol. The highest BCUT2D eigenvalue weighted by Crippen LogP contribution is 2.35. The molecule has 9 nitrogen and oxygen atoms in total. The van der Waals surface area contributed by atoms with Gasteiger partial charge in [0.25, 0.3) is 5.91 Å². The van der Waals surface area contributed by atoms with Crippen LogP contribution in [0.5, 0.6) is 0 Å². The van der Waals surface area contributed by atoms with Gasteiger partial charge in [-0.15, -0.1) is 0 Å². The molecule has 4 aromatic rings. The number of carbonyl (C=O) groups is 2. The molecule has 186 valence electrons. The minimum Gasteiger partial charge on any atom is -0.320 e. The van der Waals surface area contributed by atoms with Gasteiger partial charge in [0.15, 0.2) is 5.13 Å². The molecule has 6 rings (SSSR count). The van der Waals surface area contributed by atoms with E-state index in [1.54, 1.807) is 18.3 Å². The van der Waals surface area contributed by atoms with Gasteiger partial charge in [-0.25, -0.2) is 9.97 Å². The summed E-state index contributed by atoms with van der Waals surface area (Å²) in [5, 5.41) is 14.3. The Hall–Kier alpha value is -3.63. The van der Waals surface area contributed by atoms with Crippen molar-refractivity contribution >= 4 is 51.1 Å². The summed E-state index contributed by atoms with van der Waals surface area (Å²) in [5.74, 6) is 0.324. The largest absolute Gasteiger partial charge is 0.320 e. The summed E-state index contributed by atoms with van der Waals surface area (Å²) in [4.78, 5) is 34.9. The fourth-order valence-electron chi connectivity index (χ4n) is 4.02. The standard InChI is InChI=1S/C19H16N6O2S.C7H13N/c1-11-5-6-14-13(9-21-25-14)17(11)24-18(27)15-10-20-19(28-15)23-16-4-2-3-12(22-16)7-8-26;1-8(6-2-3-6)7-4-5-7/h2-6,8-10H,7H2,1H3,(H,21,25)(H,24,27)(H,20,22,23);6-7H,2-5H2,1H3. The molecule has 2 aliphatic rings. The number of nitrogens with zero attached hydrogens (tertiary/aromatic N) is 4. The first-order chi connectivity index (χ1) is 17.5. The van der Waals surface area contributed by atoms with Crippen LogP contribution in [0.3, 0.4) is 0 Å². The van der Waals surface area contributed by atoms with Gasteiger partial charge in [0.2, 0.25) is 0 Å². The third-order valence-corrected chi connectivity index (χ3v) is 7.29. The van der Waals surface area contributed by atoms with Crippen LogP contribution in [0.1, 0.15) is 46.6 Å². The van der Waals surface area contributed by atoms with E-state index in [2.05, 4.69) is 42.7 Å². The highest BCUT2D eigenvalue weighted by atomic mass is 32.1. The molecular weight excluding hydrogens is 474 g/mol. The van der Waals surface area contributed by atoms with Crippen molar-refractivity contribution in [3.63, 3.8) is 0 Å². The Morgan fingerprint density at radius 3 is 2.67 bits per heavy atom. The zero-order valence-electron chi connectivity index (χ0n) is 20.3. The van der Waals surface area contributed by atoms with Crippen LogP contribution < -0.4 is 10.6 Å². The highest BCUT2D eigenvalue weighted by Gasteiger charge is 2.36. The average Bonchev–Trinajstić information content (AvgIpc) is 3.81. The molecule has 0 saturated heterocycles. The van der Waals surface area contributed by atoms with E-state index in [0.29, 0.717) is 21.5 Å². The maximum atomic E-state index is 12.7. The number of amides is 1. The Kier molecular flexibility index (Phi) is 7.06. The fraction of sp³-hybridized carbons (Fsp3) is 0.346. The van der Waals surface area contributed by atoms with Gasteiger partial charge < -0.3 is 20.3 Å². The van der Waals surface area contributed by atoms with Crippen LogP contribution in [0.15, 0.2) is 42.7 Å². The number of hydrogen-bond donors (Lipinski definition) is 3. The number of pyridine rings is 1. The Bertz CT molecular complexity index is 1360. The quantitative estimate of drug-likeness (QED) is 0.298. The number of aryl methyl sites for hydroxylation is 1. The second kappa shape index (κ2) is 10.5. The lowest BCUT2D eigenvalue weighted by molar-refractivity contribution is -0.107. The summed E-state index contributed by atoms with van der Waals surface area (Å²) in [6.45, 7) is 1.93. The summed E-state index contributed by atoms with van der Waals surface area (Å²) in [6.07, 6.45) is 10.1. The van der Waals surface area contributed by atoms with Gasteiger partial charge in [0.1, 0.15) is 17.0 Å². The predicted octanol–water partition coefficient (Wildman–Crippen LogP) is 4.70. The SMILES string of the molecule is CN(C1CC1)C1CC1.Cc1ccc2[nH]ncc2c1NC(=O)c1cnc(Nc2cccc(CC=O)n2)s1. The highest BCUT2D eigenvalue weighted by molar-refractivity contribution is 7.17. The van der Waals surface area contributed by atoms with Gasteiger partial charge in [-0.1, -0.05) is 23.5 Å². The number of fused-ring (bicyclic) bond motifs is 1. The number of benzene rings is 1. The second-order valence-corrected chi connectivity index (χ2v) is 10.2. The van der Waals surface area contributed by atoms with Gasteiger partial charge in [-0.05, 0) is 63.4 Å². The number of aromatic nitrogens is 4. The summed E-state index contributed by atoms with van der Waals surface area (Å²) >= 11 is 1.22. The van der Waals surface area contributed by atoms with Crippen molar-refractivity contribution in [2.24, 2.45) is 0 Å². The van der Waals surface area contributed by atoms with Crippen molar-refractivity contribution in [2.75, 3.05) is 17.7 Å². The van der Waals surface area contributed by atoms with E-state index in [1.165, 1.54) is 43.2 Å². The van der Waals surface area contributed by atoms with Crippen LogP contribution in [-0.4, -0.2) is 56.4 Å². The van der Waals surface area contributed by atoms with Crippen molar-refractivity contribution in [1.82, 2.24) is 25.1 Å². The number of aldehydes is 1. The van der Waals surface area contributed by atoms with E-state index in [-0.39, 0.29) is 12.3 Å². The molecule has 2 fully saturated rings. The number of aromatic amines is 1. The van der Waals surface area contributed by atoms with Crippen molar-refractivity contribution in [3.8, 4) is 0 Å². The van der Waals surface area contributed by atoms with Gasteiger partial charge in [-0.3, -0.25) is 9.89 Å². The van der Waals surface area contributed by atoms with Crippen molar-refractivity contribution in [3.05, 3.63) is 58.9 Å². The summed E-state index contributed by atoms with van der Waals surface area (Å²) in [6, 6.07) is 11.2. The minimum absolute atomic E-state index is 0.245. The van der Waals surface area contributed by atoms with Crippen LogP contribution in [-0.2, 0) is 11.2 Å². The van der Waals surface area contributed by atoms with Crippen LogP contribution in [0.25, 0.3) is 10.9 Å². The molecule has 2 saturated carbocycles. The number of rotatable bonds is 8. The maximum Gasteiger partial charge on any atom is 0.267 e. The Morgan fingerprint density at radius 1 is 1.17 bits per heavy atom. The zero-order valence-corrected chi connectivity index (χ0v) is 21.1. The first-order valence-electron chi connectivity index (χ1n) is 12.1. The third-order valence-electron chi connectivity index (χ3n) is 6.38. The first kappa shape index (κ1) is 24.1. The summed E-state index contributed by atoms with van der Waals surface area (Å²) in [5.41, 5.74) is 3.19. The number of thiazole rings is 1. The zero-order chi connectivity index (χ0) is 25.1. The second-order valence-electron chi connectivity index (χ2n) is 9.21. The smallest absolute Gasteiger partial charge is 0.267 e. The van der Waals surface area contributed by atoms with E-state index < -0.39 is 0 Å². The van der Waals surface area contributed by atoms with E-state index in [9.17, 15) is 9.59 Å². The van der Waals surface area contributed by atoms with Gasteiger partial charge in [0.05, 0.1) is 23.6 Å². The Balaban J connectivity index is 0.000000280. The van der Waals surface area contributed by atoms with E-state index >= 15 is 0 Å². The van der Waals surface area contributed by atoms with E-state index in [4.69, 9.17) is 0 Å².